The van der Waals surface area contributed by atoms with Crippen LogP contribution in [0.25, 0.3) is 0 Å². The van der Waals surface area contributed by atoms with Crippen molar-refractivity contribution in [3.05, 3.63) is 29.3 Å². The second-order valence-electron chi connectivity index (χ2n) is 10.4. The smallest absolute Gasteiger partial charge is 0.407 e. The molecule has 0 aliphatic carbocycles. The van der Waals surface area contributed by atoms with Crippen molar-refractivity contribution in [1.29, 1.82) is 0 Å². The maximum absolute atomic E-state index is 13.2. The van der Waals surface area contributed by atoms with E-state index < -0.39 is 35.3 Å². The Balaban J connectivity index is 2.18. The predicted octanol–water partition coefficient (Wildman–Crippen LogP) is 3.24. The van der Waals surface area contributed by atoms with Crippen molar-refractivity contribution in [1.82, 2.24) is 10.2 Å². The predicted molar refractivity (Wildman–Crippen MR) is 130 cm³/mol. The van der Waals surface area contributed by atoms with Crippen LogP contribution in [-0.2, 0) is 30.3 Å². The number of alkyl carbamates (subject to hydrolysis) is 1. The van der Waals surface area contributed by atoms with E-state index >= 15 is 0 Å². The van der Waals surface area contributed by atoms with Crippen LogP contribution in [0, 0.1) is 0 Å². The summed E-state index contributed by atoms with van der Waals surface area (Å²) in [6.45, 7) is 11.6. The number of anilines is 1. The van der Waals surface area contributed by atoms with Crippen molar-refractivity contribution < 1.29 is 33.4 Å². The molecule has 1 heterocycles. The van der Waals surface area contributed by atoms with Gasteiger partial charge in [-0.25, -0.2) is 9.59 Å². The molecular weight excluding hydrogens is 454 g/mol. The van der Waals surface area contributed by atoms with Gasteiger partial charge in [-0.05, 0) is 71.7 Å². The second-order valence-corrected chi connectivity index (χ2v) is 10.4. The molecule has 0 saturated heterocycles. The van der Waals surface area contributed by atoms with Crippen molar-refractivity contribution in [2.24, 2.45) is 0 Å². The van der Waals surface area contributed by atoms with Gasteiger partial charge < -0.3 is 29.7 Å². The lowest BCUT2D eigenvalue weighted by molar-refractivity contribution is -0.144. The molecule has 0 bridgehead atoms. The minimum atomic E-state index is -0.824. The number of rotatable bonds is 7. The van der Waals surface area contributed by atoms with Crippen LogP contribution in [0.4, 0.5) is 10.5 Å². The van der Waals surface area contributed by atoms with Crippen LogP contribution >= 0.6 is 0 Å². The molecule has 35 heavy (non-hydrogen) atoms. The number of benzene rings is 1. The van der Waals surface area contributed by atoms with E-state index in [1.807, 2.05) is 0 Å². The van der Waals surface area contributed by atoms with Gasteiger partial charge in [0.1, 0.15) is 17.2 Å². The molecule has 2 N–H and O–H groups in total. The highest BCUT2D eigenvalue weighted by Gasteiger charge is 2.31. The summed E-state index contributed by atoms with van der Waals surface area (Å²) >= 11 is 0. The number of amides is 2. The van der Waals surface area contributed by atoms with Gasteiger partial charge in [-0.15, -0.1) is 0 Å². The molecule has 1 aliphatic rings. The molecule has 0 radical (unpaired) electrons. The largest absolute Gasteiger partial charge is 0.469 e. The summed E-state index contributed by atoms with van der Waals surface area (Å²) < 4.78 is 15.4. The Hall–Kier alpha value is -3.30. The third-order valence-corrected chi connectivity index (χ3v) is 4.91. The minimum absolute atomic E-state index is 0.144. The average molecular weight is 492 g/mol. The first kappa shape index (κ1) is 27.9. The molecule has 2 amide bonds. The number of nitrogens with one attached hydrogen (secondary N) is 2. The Bertz CT molecular complexity index is 947. The summed E-state index contributed by atoms with van der Waals surface area (Å²) in [5, 5.41) is 5.80. The minimum Gasteiger partial charge on any atom is -0.469 e. The monoisotopic (exact) mass is 491 g/mol. The summed E-state index contributed by atoms with van der Waals surface area (Å²) in [6.07, 6.45) is -0.205. The number of carbonyl (C=O) groups excluding carboxylic acids is 4. The zero-order chi connectivity index (χ0) is 26.4. The standard InChI is InChI=1S/C25H37N3O7/c1-24(2,3)34-22(31)16-9-10-18-17(13-16)15-28(21(30)19(27-18)14-20(29)33-7)12-8-11-26-23(32)35-25(4,5)6/h9-10,13,19,27H,8,11-12,14-15H2,1-7H3,(H,26,32)/t19-/m0/s1. The number of esters is 2. The lowest BCUT2D eigenvalue weighted by atomic mass is 10.1. The Morgan fingerprint density at radius 1 is 1.09 bits per heavy atom. The van der Waals surface area contributed by atoms with Crippen LogP contribution in [0.1, 0.15) is 70.3 Å². The lowest BCUT2D eigenvalue weighted by Crippen LogP contribution is -2.43. The second kappa shape index (κ2) is 11.4. The Morgan fingerprint density at radius 3 is 2.34 bits per heavy atom. The molecule has 2 rings (SSSR count). The van der Waals surface area contributed by atoms with Gasteiger partial charge >= 0.3 is 18.0 Å². The Morgan fingerprint density at radius 2 is 1.74 bits per heavy atom. The summed E-state index contributed by atoms with van der Waals surface area (Å²) in [7, 11) is 1.27. The van der Waals surface area contributed by atoms with Gasteiger partial charge in [0.15, 0.2) is 0 Å². The number of hydrogen-bond acceptors (Lipinski definition) is 8. The first-order valence-corrected chi connectivity index (χ1v) is 11.6. The maximum Gasteiger partial charge on any atom is 0.407 e. The van der Waals surface area contributed by atoms with Gasteiger partial charge in [0, 0.05) is 25.3 Å². The molecule has 0 spiro atoms. The highest BCUT2D eigenvalue weighted by molar-refractivity contribution is 5.93. The fourth-order valence-electron chi connectivity index (χ4n) is 3.43. The number of carbonyl (C=O) groups is 4. The van der Waals surface area contributed by atoms with Crippen molar-refractivity contribution in [3.8, 4) is 0 Å². The summed E-state index contributed by atoms with van der Waals surface area (Å²) in [4.78, 5) is 51.2. The highest BCUT2D eigenvalue weighted by atomic mass is 16.6. The van der Waals surface area contributed by atoms with Crippen molar-refractivity contribution in [2.45, 2.75) is 78.2 Å². The van der Waals surface area contributed by atoms with E-state index in [0.29, 0.717) is 36.3 Å². The van der Waals surface area contributed by atoms with Crippen molar-refractivity contribution in [3.63, 3.8) is 0 Å². The first-order chi connectivity index (χ1) is 16.2. The molecule has 0 aromatic heterocycles. The molecule has 1 aromatic carbocycles. The zero-order valence-corrected chi connectivity index (χ0v) is 21.6. The van der Waals surface area contributed by atoms with Crippen LogP contribution in [0.15, 0.2) is 18.2 Å². The van der Waals surface area contributed by atoms with Crippen molar-refractivity contribution >= 4 is 29.6 Å². The number of nitrogens with zero attached hydrogens (tertiary/aromatic N) is 1. The lowest BCUT2D eigenvalue weighted by Gasteiger charge is -2.24. The summed E-state index contributed by atoms with van der Waals surface area (Å²) in [5.74, 6) is -1.26. The molecule has 0 fully saturated rings. The van der Waals surface area contributed by atoms with E-state index in [0.717, 1.165) is 0 Å². The molecule has 194 valence electrons. The fraction of sp³-hybridized carbons (Fsp3) is 0.600. The number of methoxy groups -OCH3 is 1. The highest BCUT2D eigenvalue weighted by Crippen LogP contribution is 2.26. The Labute approximate surface area is 206 Å². The molecule has 0 saturated carbocycles. The van der Waals surface area contributed by atoms with Crippen LogP contribution in [0.5, 0.6) is 0 Å². The molecule has 10 nitrogen and oxygen atoms in total. The molecule has 1 aliphatic heterocycles. The van der Waals surface area contributed by atoms with Crippen LogP contribution in [0.3, 0.4) is 0 Å². The fourth-order valence-corrected chi connectivity index (χ4v) is 3.43. The molecule has 1 aromatic rings. The molecule has 0 unspecified atom stereocenters. The normalized spacial score (nSPS) is 15.9. The van der Waals surface area contributed by atoms with E-state index in [1.165, 1.54) is 7.11 Å². The third-order valence-electron chi connectivity index (χ3n) is 4.91. The van der Waals surface area contributed by atoms with Crippen LogP contribution in [-0.4, -0.2) is 66.3 Å². The van der Waals surface area contributed by atoms with Crippen LogP contribution < -0.4 is 10.6 Å². The third kappa shape index (κ3) is 9.11. The number of fused-ring (bicyclic) bond motifs is 1. The molecule has 10 heteroatoms. The van der Waals surface area contributed by atoms with Gasteiger partial charge in [0.2, 0.25) is 5.91 Å². The van der Waals surface area contributed by atoms with Gasteiger partial charge in [-0.2, -0.15) is 0 Å². The topological polar surface area (TPSA) is 123 Å². The molecular formula is C25H37N3O7. The van der Waals surface area contributed by atoms with Crippen LogP contribution in [0.2, 0.25) is 0 Å². The number of ether oxygens (including phenoxy) is 3. The zero-order valence-electron chi connectivity index (χ0n) is 21.6. The van der Waals surface area contributed by atoms with Gasteiger partial charge in [-0.3, -0.25) is 9.59 Å². The van der Waals surface area contributed by atoms with E-state index in [1.54, 1.807) is 64.6 Å². The number of hydrogen-bond donors (Lipinski definition) is 2. The quantitative estimate of drug-likeness (QED) is 0.339. The first-order valence-electron chi connectivity index (χ1n) is 11.6. The van der Waals surface area contributed by atoms with E-state index in [-0.39, 0.29) is 18.9 Å². The van der Waals surface area contributed by atoms with Gasteiger partial charge in [0.05, 0.1) is 19.1 Å². The van der Waals surface area contributed by atoms with Crippen molar-refractivity contribution in [2.75, 3.05) is 25.5 Å². The summed E-state index contributed by atoms with van der Waals surface area (Å²) in [5.41, 5.74) is 0.485. The van der Waals surface area contributed by atoms with E-state index in [2.05, 4.69) is 10.6 Å². The van der Waals surface area contributed by atoms with Gasteiger partial charge in [0.25, 0.3) is 0 Å². The average Bonchev–Trinajstić information content (AvgIpc) is 2.85. The maximum atomic E-state index is 13.2. The molecule has 1 atom stereocenters. The van der Waals surface area contributed by atoms with Gasteiger partial charge in [-0.1, -0.05) is 0 Å². The van der Waals surface area contributed by atoms with E-state index in [4.69, 9.17) is 14.2 Å². The Kier molecular flexibility index (Phi) is 9.12. The summed E-state index contributed by atoms with van der Waals surface area (Å²) in [6, 6.07) is 4.20. The van der Waals surface area contributed by atoms with E-state index in [9.17, 15) is 19.2 Å². The SMILES string of the molecule is COC(=O)C[C@@H]1Nc2ccc(C(=O)OC(C)(C)C)cc2CN(CCCNC(=O)OC(C)(C)C)C1=O.